The maximum atomic E-state index is 12.8. The van der Waals surface area contributed by atoms with Gasteiger partial charge in [-0.15, -0.1) is 0 Å². The lowest BCUT2D eigenvalue weighted by atomic mass is 9.85. The first-order valence-electron chi connectivity index (χ1n) is 8.33. The Hall–Kier alpha value is -1.66. The van der Waals surface area contributed by atoms with Gasteiger partial charge in [0.25, 0.3) is 5.91 Å². The molecule has 0 bridgehead atoms. The van der Waals surface area contributed by atoms with Crippen LogP contribution in [-0.4, -0.2) is 22.3 Å². The molecule has 5 nitrogen and oxygen atoms in total. The predicted molar refractivity (Wildman–Crippen MR) is 106 cm³/mol. The highest BCUT2D eigenvalue weighted by atomic mass is 35.5. The molecule has 1 aliphatic rings. The number of phenols is 1. The molecule has 1 unspecified atom stereocenters. The van der Waals surface area contributed by atoms with E-state index in [1.54, 1.807) is 0 Å². The van der Waals surface area contributed by atoms with E-state index >= 15 is 0 Å². The van der Waals surface area contributed by atoms with Gasteiger partial charge in [0.15, 0.2) is 11.3 Å². The van der Waals surface area contributed by atoms with Crippen LogP contribution in [-0.2, 0) is 4.79 Å². The minimum atomic E-state index is -0.523. The second kappa shape index (κ2) is 7.16. The van der Waals surface area contributed by atoms with Crippen molar-refractivity contribution in [2.24, 2.45) is 10.8 Å². The molecule has 0 aromatic heterocycles. The van der Waals surface area contributed by atoms with Gasteiger partial charge in [-0.1, -0.05) is 64.9 Å². The topological polar surface area (TPSA) is 78.4 Å². The molecule has 0 saturated carbocycles. The summed E-state index contributed by atoms with van der Waals surface area (Å²) in [5.41, 5.74) is -0.404. The van der Waals surface area contributed by atoms with Crippen LogP contribution in [0.25, 0.3) is 0 Å². The first kappa shape index (κ1) is 20.6. The van der Waals surface area contributed by atoms with Gasteiger partial charge in [0, 0.05) is 21.5 Å². The van der Waals surface area contributed by atoms with E-state index < -0.39 is 16.8 Å². The second-order valence-corrected chi connectivity index (χ2v) is 9.86. The normalized spacial score (nSPS) is 17.9. The van der Waals surface area contributed by atoms with Crippen LogP contribution in [0.2, 0.25) is 5.02 Å². The SMILES string of the molecule is CC(C)(C)C(=O)C1=C(C(C)(C)C)NC(NC(=O)c2cc(Cl)ccc2O)S1. The summed E-state index contributed by atoms with van der Waals surface area (Å²) in [6, 6.07) is 4.29. The largest absolute Gasteiger partial charge is 0.507 e. The van der Waals surface area contributed by atoms with E-state index in [9.17, 15) is 14.7 Å². The molecule has 0 saturated heterocycles. The summed E-state index contributed by atoms with van der Waals surface area (Å²) in [4.78, 5) is 26.0. The van der Waals surface area contributed by atoms with Gasteiger partial charge < -0.3 is 15.7 Å². The first-order chi connectivity index (χ1) is 11.8. The molecule has 7 heteroatoms. The molecule has 1 amide bonds. The van der Waals surface area contributed by atoms with Gasteiger partial charge in [-0.05, 0) is 18.2 Å². The number of benzene rings is 1. The summed E-state index contributed by atoms with van der Waals surface area (Å²) in [6.07, 6.45) is 0. The predicted octanol–water partition coefficient (Wildman–Crippen LogP) is 4.27. The number of phenolic OH excluding ortho intramolecular Hbond substituents is 1. The quantitative estimate of drug-likeness (QED) is 0.711. The van der Waals surface area contributed by atoms with Gasteiger partial charge >= 0.3 is 0 Å². The molecule has 0 fully saturated rings. The van der Waals surface area contributed by atoms with Gasteiger partial charge in [-0.2, -0.15) is 0 Å². The van der Waals surface area contributed by atoms with Crippen molar-refractivity contribution in [1.82, 2.24) is 10.6 Å². The number of nitrogens with one attached hydrogen (secondary N) is 2. The lowest BCUT2D eigenvalue weighted by Gasteiger charge is -2.25. The van der Waals surface area contributed by atoms with Crippen LogP contribution in [0.3, 0.4) is 0 Å². The van der Waals surface area contributed by atoms with Crippen LogP contribution in [0.5, 0.6) is 5.75 Å². The number of rotatable bonds is 3. The van der Waals surface area contributed by atoms with Crippen molar-refractivity contribution in [2.75, 3.05) is 0 Å². The molecule has 3 N–H and O–H groups in total. The number of Topliss-reactive ketones (excluding diaryl/α,β-unsaturated/α-hetero) is 1. The molecule has 0 spiro atoms. The van der Waals surface area contributed by atoms with Crippen LogP contribution in [0.1, 0.15) is 51.9 Å². The zero-order valence-electron chi connectivity index (χ0n) is 15.9. The standard InChI is InChI=1S/C19H25ClN2O3S/c1-18(2,3)14-13(15(24)19(4,5)6)26-17(21-14)22-16(25)11-9-10(20)7-8-12(11)23/h7-9,17,21,23H,1-6H3,(H,22,25). The fraction of sp³-hybridized carbons (Fsp3) is 0.474. The summed E-state index contributed by atoms with van der Waals surface area (Å²) in [7, 11) is 0. The Morgan fingerprint density at radius 2 is 1.81 bits per heavy atom. The van der Waals surface area contributed by atoms with Crippen molar-refractivity contribution < 1.29 is 14.7 Å². The maximum absolute atomic E-state index is 12.8. The summed E-state index contributed by atoms with van der Waals surface area (Å²) in [5.74, 6) is -0.583. The van der Waals surface area contributed by atoms with Crippen LogP contribution in [0, 0.1) is 10.8 Å². The van der Waals surface area contributed by atoms with E-state index in [0.29, 0.717) is 9.93 Å². The molecule has 1 aromatic rings. The number of allylic oxidation sites excluding steroid dienone is 2. The maximum Gasteiger partial charge on any atom is 0.257 e. The van der Waals surface area contributed by atoms with E-state index in [1.165, 1.54) is 30.0 Å². The monoisotopic (exact) mass is 396 g/mol. The fourth-order valence-electron chi connectivity index (χ4n) is 2.42. The van der Waals surface area contributed by atoms with E-state index in [1.807, 2.05) is 41.5 Å². The fourth-order valence-corrected chi connectivity index (χ4v) is 4.07. The van der Waals surface area contributed by atoms with Gasteiger partial charge in [0.2, 0.25) is 0 Å². The highest BCUT2D eigenvalue weighted by molar-refractivity contribution is 8.04. The average molecular weight is 397 g/mol. The Labute approximate surface area is 163 Å². The Morgan fingerprint density at radius 1 is 1.19 bits per heavy atom. The molecule has 0 radical (unpaired) electrons. The van der Waals surface area contributed by atoms with Crippen molar-refractivity contribution in [3.63, 3.8) is 0 Å². The van der Waals surface area contributed by atoms with E-state index in [-0.39, 0.29) is 22.5 Å². The Balaban J connectivity index is 2.24. The summed E-state index contributed by atoms with van der Waals surface area (Å²) < 4.78 is 0. The van der Waals surface area contributed by atoms with Crippen molar-refractivity contribution in [3.05, 3.63) is 39.4 Å². The number of thioether (sulfide) groups is 1. The van der Waals surface area contributed by atoms with Gasteiger partial charge in [0.05, 0.1) is 10.5 Å². The lowest BCUT2D eigenvalue weighted by molar-refractivity contribution is -0.121. The summed E-state index contributed by atoms with van der Waals surface area (Å²) in [5, 5.41) is 16.3. The smallest absolute Gasteiger partial charge is 0.257 e. The molecular weight excluding hydrogens is 372 g/mol. The number of carbonyl (C=O) groups excluding carboxylic acids is 2. The third kappa shape index (κ3) is 4.54. The molecule has 2 rings (SSSR count). The average Bonchev–Trinajstić information content (AvgIpc) is 2.91. The zero-order chi connectivity index (χ0) is 19.9. The van der Waals surface area contributed by atoms with Crippen molar-refractivity contribution >= 4 is 35.1 Å². The van der Waals surface area contributed by atoms with E-state index in [2.05, 4.69) is 10.6 Å². The number of hydrogen-bond acceptors (Lipinski definition) is 5. The minimum Gasteiger partial charge on any atom is -0.507 e. The molecule has 1 aliphatic heterocycles. The molecule has 142 valence electrons. The number of aromatic hydroxyl groups is 1. The van der Waals surface area contributed by atoms with Crippen LogP contribution in [0.4, 0.5) is 0 Å². The van der Waals surface area contributed by atoms with Gasteiger partial charge in [-0.25, -0.2) is 0 Å². The highest BCUT2D eigenvalue weighted by Gasteiger charge is 2.39. The van der Waals surface area contributed by atoms with Crippen molar-refractivity contribution in [3.8, 4) is 5.75 Å². The number of halogens is 1. The van der Waals surface area contributed by atoms with Crippen LogP contribution >= 0.6 is 23.4 Å². The second-order valence-electron chi connectivity index (χ2n) is 8.31. The molecular formula is C19H25ClN2O3S. The van der Waals surface area contributed by atoms with Crippen LogP contribution in [0.15, 0.2) is 28.8 Å². The number of ketones is 1. The van der Waals surface area contributed by atoms with E-state index in [4.69, 9.17) is 11.6 Å². The van der Waals surface area contributed by atoms with E-state index in [0.717, 1.165) is 5.70 Å². The molecule has 26 heavy (non-hydrogen) atoms. The molecule has 1 aromatic carbocycles. The summed E-state index contributed by atoms with van der Waals surface area (Å²) in [6.45, 7) is 11.7. The zero-order valence-corrected chi connectivity index (χ0v) is 17.4. The Bertz CT molecular complexity index is 776. The molecule has 0 aliphatic carbocycles. The third-order valence-electron chi connectivity index (χ3n) is 3.84. The number of carbonyl (C=O) groups is 2. The molecule has 1 atom stereocenters. The first-order valence-corrected chi connectivity index (χ1v) is 9.58. The van der Waals surface area contributed by atoms with Crippen LogP contribution < -0.4 is 10.6 Å². The Morgan fingerprint density at radius 3 is 2.35 bits per heavy atom. The number of amides is 1. The van der Waals surface area contributed by atoms with Crippen molar-refractivity contribution in [1.29, 1.82) is 0 Å². The van der Waals surface area contributed by atoms with Crippen molar-refractivity contribution in [2.45, 2.75) is 47.0 Å². The van der Waals surface area contributed by atoms with Gasteiger partial charge in [0.1, 0.15) is 5.75 Å². The minimum absolute atomic E-state index is 0.0299. The third-order valence-corrected chi connectivity index (χ3v) is 5.17. The number of hydrogen-bond donors (Lipinski definition) is 3. The van der Waals surface area contributed by atoms with Gasteiger partial charge in [-0.3, -0.25) is 9.59 Å². The summed E-state index contributed by atoms with van der Waals surface area (Å²) >= 11 is 7.20. The Kier molecular flexibility index (Phi) is 5.69. The highest BCUT2D eigenvalue weighted by Crippen LogP contribution is 2.41. The molecule has 1 heterocycles. The lowest BCUT2D eigenvalue weighted by Crippen LogP contribution is -2.41.